The molecule has 0 aromatic heterocycles. The average molecular weight is 202 g/mol. The molecule has 0 saturated heterocycles. The minimum atomic E-state index is -0.222. The SMILES string of the molecule is CC1(N)CCC=C(N)C1c1ccccc1. The molecule has 1 aliphatic carbocycles. The number of allylic oxidation sites excluding steroid dienone is 1. The molecule has 1 aliphatic rings. The third-order valence-corrected chi connectivity index (χ3v) is 3.19. The van der Waals surface area contributed by atoms with E-state index in [2.05, 4.69) is 25.1 Å². The Morgan fingerprint density at radius 2 is 1.93 bits per heavy atom. The summed E-state index contributed by atoms with van der Waals surface area (Å²) in [5.41, 5.74) is 14.3. The molecule has 1 aromatic rings. The van der Waals surface area contributed by atoms with Crippen molar-refractivity contribution in [1.29, 1.82) is 0 Å². The Morgan fingerprint density at radius 3 is 2.53 bits per heavy atom. The third-order valence-electron chi connectivity index (χ3n) is 3.19. The summed E-state index contributed by atoms with van der Waals surface area (Å²) in [6.45, 7) is 2.09. The fraction of sp³-hybridized carbons (Fsp3) is 0.385. The minimum absolute atomic E-state index is 0.160. The molecule has 0 saturated carbocycles. The maximum atomic E-state index is 6.32. The van der Waals surface area contributed by atoms with E-state index in [-0.39, 0.29) is 11.5 Å². The third kappa shape index (κ3) is 1.90. The van der Waals surface area contributed by atoms with Crippen molar-refractivity contribution < 1.29 is 0 Å². The summed E-state index contributed by atoms with van der Waals surface area (Å²) >= 11 is 0. The highest BCUT2D eigenvalue weighted by atomic mass is 14.8. The first-order chi connectivity index (χ1) is 7.11. The van der Waals surface area contributed by atoms with Crippen molar-refractivity contribution in [3.8, 4) is 0 Å². The molecule has 0 radical (unpaired) electrons. The Hall–Kier alpha value is -1.28. The van der Waals surface area contributed by atoms with Crippen molar-refractivity contribution in [2.24, 2.45) is 11.5 Å². The molecule has 0 spiro atoms. The minimum Gasteiger partial charge on any atom is -0.402 e. The summed E-state index contributed by atoms with van der Waals surface area (Å²) in [5.74, 6) is 0.160. The summed E-state index contributed by atoms with van der Waals surface area (Å²) in [7, 11) is 0. The zero-order valence-electron chi connectivity index (χ0n) is 9.11. The van der Waals surface area contributed by atoms with Crippen LogP contribution < -0.4 is 11.5 Å². The lowest BCUT2D eigenvalue weighted by Gasteiger charge is -2.38. The van der Waals surface area contributed by atoms with Crippen LogP contribution in [0.4, 0.5) is 0 Å². The summed E-state index contributed by atoms with van der Waals surface area (Å²) < 4.78 is 0. The zero-order chi connectivity index (χ0) is 10.9. The largest absolute Gasteiger partial charge is 0.402 e. The van der Waals surface area contributed by atoms with Crippen LogP contribution in [0.25, 0.3) is 0 Å². The van der Waals surface area contributed by atoms with Gasteiger partial charge in [-0.25, -0.2) is 0 Å². The number of benzene rings is 1. The van der Waals surface area contributed by atoms with Crippen molar-refractivity contribution in [2.45, 2.75) is 31.2 Å². The molecule has 0 bridgehead atoms. The predicted molar refractivity (Wildman–Crippen MR) is 63.3 cm³/mol. The predicted octanol–water partition coefficient (Wildman–Crippen LogP) is 2.12. The van der Waals surface area contributed by atoms with Crippen molar-refractivity contribution in [2.75, 3.05) is 0 Å². The van der Waals surface area contributed by atoms with Gasteiger partial charge in [0.15, 0.2) is 0 Å². The van der Waals surface area contributed by atoms with E-state index in [1.807, 2.05) is 18.2 Å². The van der Waals surface area contributed by atoms with E-state index >= 15 is 0 Å². The van der Waals surface area contributed by atoms with E-state index < -0.39 is 0 Å². The molecule has 4 N–H and O–H groups in total. The molecule has 2 nitrogen and oxygen atoms in total. The van der Waals surface area contributed by atoms with Crippen molar-refractivity contribution in [3.05, 3.63) is 47.7 Å². The second-order valence-corrected chi connectivity index (χ2v) is 4.59. The van der Waals surface area contributed by atoms with E-state index in [4.69, 9.17) is 11.5 Å². The molecule has 80 valence electrons. The molecular weight excluding hydrogens is 184 g/mol. The number of nitrogens with two attached hydrogens (primary N) is 2. The molecular formula is C13H18N2. The van der Waals surface area contributed by atoms with Crippen LogP contribution in [0.1, 0.15) is 31.2 Å². The first kappa shape index (κ1) is 10.2. The highest BCUT2D eigenvalue weighted by molar-refractivity contribution is 5.34. The van der Waals surface area contributed by atoms with Crippen LogP contribution in [0.3, 0.4) is 0 Å². The molecule has 1 aromatic carbocycles. The number of hydrogen-bond donors (Lipinski definition) is 2. The lowest BCUT2D eigenvalue weighted by molar-refractivity contribution is 0.364. The van der Waals surface area contributed by atoms with E-state index in [1.165, 1.54) is 5.56 Å². The van der Waals surface area contributed by atoms with Crippen LogP contribution in [0.2, 0.25) is 0 Å². The molecule has 2 atom stereocenters. The van der Waals surface area contributed by atoms with Crippen molar-refractivity contribution >= 4 is 0 Å². The Balaban J connectivity index is 2.41. The Bertz CT molecular complexity index is 365. The van der Waals surface area contributed by atoms with Gasteiger partial charge in [0.2, 0.25) is 0 Å². The van der Waals surface area contributed by atoms with Gasteiger partial charge in [-0.3, -0.25) is 0 Å². The normalized spacial score (nSPS) is 31.1. The lowest BCUT2D eigenvalue weighted by atomic mass is 9.73. The van der Waals surface area contributed by atoms with Crippen LogP contribution in [0.15, 0.2) is 42.1 Å². The van der Waals surface area contributed by atoms with Gasteiger partial charge in [-0.2, -0.15) is 0 Å². The lowest BCUT2D eigenvalue weighted by Crippen LogP contribution is -2.46. The average Bonchev–Trinajstić information content (AvgIpc) is 2.17. The fourth-order valence-electron chi connectivity index (χ4n) is 2.41. The van der Waals surface area contributed by atoms with Gasteiger partial charge in [-0.1, -0.05) is 36.4 Å². The van der Waals surface area contributed by atoms with Crippen LogP contribution in [0, 0.1) is 0 Å². The molecule has 0 aliphatic heterocycles. The molecule has 0 amide bonds. The molecule has 15 heavy (non-hydrogen) atoms. The second-order valence-electron chi connectivity index (χ2n) is 4.59. The van der Waals surface area contributed by atoms with Crippen molar-refractivity contribution in [1.82, 2.24) is 0 Å². The Kier molecular flexibility index (Phi) is 2.53. The first-order valence-electron chi connectivity index (χ1n) is 5.40. The maximum Gasteiger partial charge on any atom is 0.0409 e. The highest BCUT2D eigenvalue weighted by Gasteiger charge is 2.34. The Morgan fingerprint density at radius 1 is 1.27 bits per heavy atom. The van der Waals surface area contributed by atoms with Gasteiger partial charge in [0.05, 0.1) is 0 Å². The summed E-state index contributed by atoms with van der Waals surface area (Å²) in [4.78, 5) is 0. The smallest absolute Gasteiger partial charge is 0.0409 e. The van der Waals surface area contributed by atoms with Gasteiger partial charge >= 0.3 is 0 Å². The topological polar surface area (TPSA) is 52.0 Å². The molecule has 0 fully saturated rings. The van der Waals surface area contributed by atoms with Crippen LogP contribution in [0.5, 0.6) is 0 Å². The van der Waals surface area contributed by atoms with Crippen LogP contribution in [-0.2, 0) is 0 Å². The zero-order valence-corrected chi connectivity index (χ0v) is 9.11. The number of rotatable bonds is 1. The molecule has 2 heteroatoms. The summed E-state index contributed by atoms with van der Waals surface area (Å²) in [6, 6.07) is 10.3. The first-order valence-corrected chi connectivity index (χ1v) is 5.40. The fourth-order valence-corrected chi connectivity index (χ4v) is 2.41. The van der Waals surface area contributed by atoms with E-state index in [1.54, 1.807) is 0 Å². The van der Waals surface area contributed by atoms with Gasteiger partial charge in [0, 0.05) is 17.2 Å². The van der Waals surface area contributed by atoms with Crippen LogP contribution in [-0.4, -0.2) is 5.54 Å². The van der Waals surface area contributed by atoms with E-state index in [0.29, 0.717) is 0 Å². The van der Waals surface area contributed by atoms with E-state index in [0.717, 1.165) is 18.5 Å². The molecule has 2 unspecified atom stereocenters. The van der Waals surface area contributed by atoms with Gasteiger partial charge in [-0.05, 0) is 25.3 Å². The molecule has 0 heterocycles. The second kappa shape index (κ2) is 3.70. The Labute approximate surface area is 91.0 Å². The summed E-state index contributed by atoms with van der Waals surface area (Å²) in [6.07, 6.45) is 4.09. The van der Waals surface area contributed by atoms with E-state index in [9.17, 15) is 0 Å². The maximum absolute atomic E-state index is 6.32. The van der Waals surface area contributed by atoms with Gasteiger partial charge in [-0.15, -0.1) is 0 Å². The quantitative estimate of drug-likeness (QED) is 0.733. The van der Waals surface area contributed by atoms with Gasteiger partial charge < -0.3 is 11.5 Å². The number of hydrogen-bond acceptors (Lipinski definition) is 2. The van der Waals surface area contributed by atoms with Gasteiger partial charge in [0.25, 0.3) is 0 Å². The monoisotopic (exact) mass is 202 g/mol. The summed E-state index contributed by atoms with van der Waals surface area (Å²) in [5, 5.41) is 0. The van der Waals surface area contributed by atoms with Gasteiger partial charge in [0.1, 0.15) is 0 Å². The standard InChI is InChI=1S/C13H18N2/c1-13(15)9-5-8-11(14)12(13)10-6-3-2-4-7-10/h2-4,6-8,12H,5,9,14-15H2,1H3. The highest BCUT2D eigenvalue weighted by Crippen LogP contribution is 2.37. The van der Waals surface area contributed by atoms with Crippen LogP contribution >= 0.6 is 0 Å². The van der Waals surface area contributed by atoms with Crippen molar-refractivity contribution in [3.63, 3.8) is 0 Å². The molecule has 2 rings (SSSR count).